The van der Waals surface area contributed by atoms with E-state index >= 15 is 0 Å². The summed E-state index contributed by atoms with van der Waals surface area (Å²) in [5, 5.41) is 3.86. The monoisotopic (exact) mass is 348 g/mol. The molecule has 0 spiro atoms. The highest BCUT2D eigenvalue weighted by atomic mass is 32.1. The molecule has 1 aromatic carbocycles. The lowest BCUT2D eigenvalue weighted by Gasteiger charge is -2.22. The summed E-state index contributed by atoms with van der Waals surface area (Å²) < 4.78 is 18.5. The second-order valence-corrected chi connectivity index (χ2v) is 7.16. The molecule has 1 amide bonds. The summed E-state index contributed by atoms with van der Waals surface area (Å²) in [5.41, 5.74) is 0.728. The van der Waals surface area contributed by atoms with Crippen LogP contribution in [0.2, 0.25) is 0 Å². The van der Waals surface area contributed by atoms with E-state index in [9.17, 15) is 9.18 Å². The van der Waals surface area contributed by atoms with Gasteiger partial charge in [-0.25, -0.2) is 9.37 Å². The van der Waals surface area contributed by atoms with Crippen LogP contribution in [0.3, 0.4) is 0 Å². The fourth-order valence-electron chi connectivity index (χ4n) is 2.90. The highest BCUT2D eigenvalue weighted by Gasteiger charge is 2.20. The molecule has 0 atom stereocenters. The average Bonchev–Trinajstić information content (AvgIpc) is 2.96. The molecule has 0 saturated heterocycles. The molecule has 24 heavy (non-hydrogen) atoms. The third-order valence-electron chi connectivity index (χ3n) is 4.16. The Labute approximate surface area is 145 Å². The number of benzene rings is 1. The Balaban J connectivity index is 1.59. The molecular weight excluding hydrogens is 327 g/mol. The number of halogens is 1. The molecule has 6 heteroatoms. The van der Waals surface area contributed by atoms with Gasteiger partial charge in [-0.1, -0.05) is 19.3 Å². The molecule has 1 heterocycles. The minimum absolute atomic E-state index is 0.0371. The molecule has 1 aliphatic rings. The van der Waals surface area contributed by atoms with Crippen molar-refractivity contribution in [2.45, 2.75) is 51.7 Å². The minimum atomic E-state index is -0.297. The molecule has 1 N–H and O–H groups in total. The van der Waals surface area contributed by atoms with Gasteiger partial charge in [0.25, 0.3) is 5.91 Å². The van der Waals surface area contributed by atoms with Gasteiger partial charge in [0, 0.05) is 6.04 Å². The lowest BCUT2D eigenvalue weighted by Crippen LogP contribution is -2.36. The first-order valence-corrected chi connectivity index (χ1v) is 9.09. The number of carbonyl (C=O) groups excluding carboxylic acids is 1. The van der Waals surface area contributed by atoms with Crippen LogP contribution in [0, 0.1) is 12.7 Å². The molecule has 0 bridgehead atoms. The maximum absolute atomic E-state index is 12.9. The van der Waals surface area contributed by atoms with E-state index in [4.69, 9.17) is 4.74 Å². The molecule has 0 radical (unpaired) electrons. The van der Waals surface area contributed by atoms with Crippen molar-refractivity contribution >= 4 is 17.2 Å². The third-order valence-corrected chi connectivity index (χ3v) is 5.29. The molecule has 1 saturated carbocycles. The van der Waals surface area contributed by atoms with E-state index in [0.717, 1.165) is 23.5 Å². The van der Waals surface area contributed by atoms with Crippen LogP contribution in [-0.2, 0) is 6.61 Å². The Morgan fingerprint density at radius 1 is 1.29 bits per heavy atom. The molecular formula is C18H21FN2O2S. The van der Waals surface area contributed by atoms with Gasteiger partial charge in [0.2, 0.25) is 0 Å². The number of aryl methyl sites for hydroxylation is 1. The summed E-state index contributed by atoms with van der Waals surface area (Å²) in [4.78, 5) is 17.5. The zero-order valence-electron chi connectivity index (χ0n) is 13.7. The number of nitrogens with one attached hydrogen (secondary N) is 1. The van der Waals surface area contributed by atoms with E-state index in [0.29, 0.717) is 10.6 Å². The standard InChI is InChI=1S/C18H21FN2O2S/c1-12-17(18(22)21-14-5-3-2-4-6-14)24-16(20-12)11-23-15-9-7-13(19)8-10-15/h7-10,14H,2-6,11H2,1H3,(H,21,22). The van der Waals surface area contributed by atoms with E-state index < -0.39 is 0 Å². The smallest absolute Gasteiger partial charge is 0.263 e. The molecule has 1 aliphatic carbocycles. The Morgan fingerprint density at radius 2 is 2.00 bits per heavy atom. The number of rotatable bonds is 5. The first-order valence-electron chi connectivity index (χ1n) is 8.27. The number of aromatic nitrogens is 1. The van der Waals surface area contributed by atoms with Gasteiger partial charge in [-0.2, -0.15) is 0 Å². The van der Waals surface area contributed by atoms with E-state index in [1.165, 1.54) is 42.7 Å². The number of amides is 1. The third kappa shape index (κ3) is 4.32. The summed E-state index contributed by atoms with van der Waals surface area (Å²) in [6, 6.07) is 6.14. The fourth-order valence-corrected chi connectivity index (χ4v) is 3.78. The topological polar surface area (TPSA) is 51.2 Å². The van der Waals surface area contributed by atoms with Gasteiger partial charge in [0.15, 0.2) is 0 Å². The van der Waals surface area contributed by atoms with Gasteiger partial charge in [0.05, 0.1) is 5.69 Å². The lowest BCUT2D eigenvalue weighted by atomic mass is 9.95. The number of hydrogen-bond donors (Lipinski definition) is 1. The normalized spacial score (nSPS) is 15.2. The molecule has 2 aromatic rings. The van der Waals surface area contributed by atoms with Crippen molar-refractivity contribution in [2.24, 2.45) is 0 Å². The average molecular weight is 348 g/mol. The zero-order valence-corrected chi connectivity index (χ0v) is 14.5. The van der Waals surface area contributed by atoms with Crippen molar-refractivity contribution in [3.05, 3.63) is 45.7 Å². The van der Waals surface area contributed by atoms with Crippen molar-refractivity contribution in [2.75, 3.05) is 0 Å². The summed E-state index contributed by atoms with van der Waals surface area (Å²) in [6.07, 6.45) is 5.75. The molecule has 128 valence electrons. The van der Waals surface area contributed by atoms with E-state index in [1.807, 2.05) is 6.92 Å². The second-order valence-electron chi connectivity index (χ2n) is 6.07. The minimum Gasteiger partial charge on any atom is -0.486 e. The summed E-state index contributed by atoms with van der Waals surface area (Å²) in [5.74, 6) is 0.247. The highest BCUT2D eigenvalue weighted by molar-refractivity contribution is 7.13. The highest BCUT2D eigenvalue weighted by Crippen LogP contribution is 2.22. The molecule has 1 fully saturated rings. The van der Waals surface area contributed by atoms with Gasteiger partial charge < -0.3 is 10.1 Å². The van der Waals surface area contributed by atoms with E-state index in [1.54, 1.807) is 12.1 Å². The van der Waals surface area contributed by atoms with Crippen molar-refractivity contribution in [3.8, 4) is 5.75 Å². The number of carbonyl (C=O) groups is 1. The van der Waals surface area contributed by atoms with Gasteiger partial charge in [-0.3, -0.25) is 4.79 Å². The fraction of sp³-hybridized carbons (Fsp3) is 0.444. The van der Waals surface area contributed by atoms with Gasteiger partial charge in [0.1, 0.15) is 28.1 Å². The maximum atomic E-state index is 12.9. The van der Waals surface area contributed by atoms with Crippen molar-refractivity contribution in [1.82, 2.24) is 10.3 Å². The van der Waals surface area contributed by atoms with Crippen molar-refractivity contribution in [3.63, 3.8) is 0 Å². The van der Waals surface area contributed by atoms with Gasteiger partial charge >= 0.3 is 0 Å². The van der Waals surface area contributed by atoms with Gasteiger partial charge in [-0.05, 0) is 44.0 Å². The van der Waals surface area contributed by atoms with Crippen LogP contribution in [0.15, 0.2) is 24.3 Å². The quantitative estimate of drug-likeness (QED) is 0.880. The van der Waals surface area contributed by atoms with Crippen molar-refractivity contribution < 1.29 is 13.9 Å². The first-order chi connectivity index (χ1) is 11.6. The summed E-state index contributed by atoms with van der Waals surface area (Å²) in [6.45, 7) is 2.11. The van der Waals surface area contributed by atoms with Crippen LogP contribution in [0.5, 0.6) is 5.75 Å². The molecule has 1 aromatic heterocycles. The Bertz CT molecular complexity index is 694. The Hall–Kier alpha value is -1.95. The maximum Gasteiger partial charge on any atom is 0.263 e. The van der Waals surface area contributed by atoms with Crippen LogP contribution < -0.4 is 10.1 Å². The molecule has 4 nitrogen and oxygen atoms in total. The zero-order chi connectivity index (χ0) is 16.9. The van der Waals surface area contributed by atoms with Crippen LogP contribution in [0.1, 0.15) is 52.5 Å². The van der Waals surface area contributed by atoms with Gasteiger partial charge in [-0.15, -0.1) is 11.3 Å². The first kappa shape index (κ1) is 16.9. The van der Waals surface area contributed by atoms with Crippen LogP contribution in [0.4, 0.5) is 4.39 Å². The number of nitrogens with zero attached hydrogens (tertiary/aromatic N) is 1. The SMILES string of the molecule is Cc1nc(COc2ccc(F)cc2)sc1C(=O)NC1CCCCC1. The van der Waals surface area contributed by atoms with Crippen molar-refractivity contribution in [1.29, 1.82) is 0 Å². The van der Waals surface area contributed by atoms with Crippen LogP contribution in [-0.4, -0.2) is 16.9 Å². The van der Waals surface area contributed by atoms with Crippen LogP contribution in [0.25, 0.3) is 0 Å². The molecule has 0 unspecified atom stereocenters. The Morgan fingerprint density at radius 3 is 2.71 bits per heavy atom. The summed E-state index contributed by atoms with van der Waals surface area (Å²) >= 11 is 1.36. The number of hydrogen-bond acceptors (Lipinski definition) is 4. The predicted molar refractivity (Wildman–Crippen MR) is 91.9 cm³/mol. The number of ether oxygens (including phenoxy) is 1. The Kier molecular flexibility index (Phi) is 5.45. The molecule has 3 rings (SSSR count). The molecule has 0 aliphatic heterocycles. The van der Waals surface area contributed by atoms with Crippen LogP contribution >= 0.6 is 11.3 Å². The predicted octanol–water partition coefficient (Wildman–Crippen LogP) is 4.23. The largest absolute Gasteiger partial charge is 0.486 e. The van der Waals surface area contributed by atoms with E-state index in [2.05, 4.69) is 10.3 Å². The second kappa shape index (κ2) is 7.75. The number of thiazole rings is 1. The lowest BCUT2D eigenvalue weighted by molar-refractivity contribution is 0.0931. The summed E-state index contributed by atoms with van der Waals surface area (Å²) in [7, 11) is 0. The van der Waals surface area contributed by atoms with E-state index in [-0.39, 0.29) is 24.4 Å².